The first-order chi connectivity index (χ1) is 14.7. The van der Waals surface area contributed by atoms with E-state index in [0.29, 0.717) is 16.6 Å². The van der Waals surface area contributed by atoms with Crippen molar-refractivity contribution in [2.45, 2.75) is 0 Å². The highest BCUT2D eigenvalue weighted by Gasteiger charge is 2.13. The molecule has 3 aromatic heterocycles. The Labute approximate surface area is 172 Å². The molecule has 0 amide bonds. The van der Waals surface area contributed by atoms with Crippen molar-refractivity contribution in [2.24, 2.45) is 0 Å². The van der Waals surface area contributed by atoms with Gasteiger partial charge in [0.2, 0.25) is 0 Å². The summed E-state index contributed by atoms with van der Waals surface area (Å²) in [5.41, 5.74) is 5.09. The minimum atomic E-state index is -0.969. The molecule has 3 heterocycles. The molecule has 0 saturated heterocycles. The van der Waals surface area contributed by atoms with Crippen LogP contribution in [0.2, 0.25) is 0 Å². The summed E-state index contributed by atoms with van der Waals surface area (Å²) in [6.07, 6.45) is 5.73. The smallest absolute Gasteiger partial charge is 0.336 e. The van der Waals surface area contributed by atoms with Crippen LogP contribution < -0.4 is 0 Å². The highest BCUT2D eigenvalue weighted by molar-refractivity contribution is 6.03. The van der Waals surface area contributed by atoms with E-state index >= 15 is 0 Å². The molecule has 5 nitrogen and oxygen atoms in total. The molecule has 5 aromatic rings. The quantitative estimate of drug-likeness (QED) is 0.444. The SMILES string of the molecule is O=C(O)c1cc(/C=C/c2c(-c3ccccc3)nc3ccccn23)nc2ccccc12. The Balaban J connectivity index is 1.67. The summed E-state index contributed by atoms with van der Waals surface area (Å²) in [4.78, 5) is 21.2. The van der Waals surface area contributed by atoms with E-state index in [1.807, 2.05) is 89.5 Å². The lowest BCUT2D eigenvalue weighted by Gasteiger charge is -2.04. The van der Waals surface area contributed by atoms with Crippen LogP contribution in [0.15, 0.2) is 85.1 Å². The third-order valence-electron chi connectivity index (χ3n) is 4.99. The van der Waals surface area contributed by atoms with E-state index in [9.17, 15) is 9.90 Å². The number of para-hydroxylation sites is 1. The van der Waals surface area contributed by atoms with Crippen molar-refractivity contribution < 1.29 is 9.90 Å². The zero-order valence-electron chi connectivity index (χ0n) is 15.9. The summed E-state index contributed by atoms with van der Waals surface area (Å²) in [5, 5.41) is 10.3. The molecule has 1 N–H and O–H groups in total. The van der Waals surface area contributed by atoms with Crippen LogP contribution in [0.4, 0.5) is 0 Å². The van der Waals surface area contributed by atoms with Crippen molar-refractivity contribution in [3.63, 3.8) is 0 Å². The van der Waals surface area contributed by atoms with Crippen LogP contribution in [0.25, 0.3) is 40.0 Å². The van der Waals surface area contributed by atoms with Gasteiger partial charge in [-0.2, -0.15) is 0 Å². The van der Waals surface area contributed by atoms with E-state index in [0.717, 1.165) is 22.6 Å². The van der Waals surface area contributed by atoms with Crippen molar-refractivity contribution in [1.29, 1.82) is 0 Å². The number of pyridine rings is 2. The van der Waals surface area contributed by atoms with Gasteiger partial charge in [-0.15, -0.1) is 0 Å². The second-order valence-electron chi connectivity index (χ2n) is 6.89. The number of rotatable bonds is 4. The Hall–Kier alpha value is -4.25. The molecule has 144 valence electrons. The van der Waals surface area contributed by atoms with Gasteiger partial charge in [0.05, 0.1) is 28.2 Å². The van der Waals surface area contributed by atoms with Gasteiger partial charge >= 0.3 is 5.97 Å². The Kier molecular flexibility index (Phi) is 4.33. The zero-order chi connectivity index (χ0) is 20.5. The minimum absolute atomic E-state index is 0.238. The van der Waals surface area contributed by atoms with Crippen LogP contribution >= 0.6 is 0 Å². The van der Waals surface area contributed by atoms with Gasteiger partial charge in [-0.25, -0.2) is 14.8 Å². The topological polar surface area (TPSA) is 67.5 Å². The molecule has 0 bridgehead atoms. The lowest BCUT2D eigenvalue weighted by atomic mass is 10.1. The predicted molar refractivity (Wildman–Crippen MR) is 118 cm³/mol. The highest BCUT2D eigenvalue weighted by atomic mass is 16.4. The molecule has 5 rings (SSSR count). The van der Waals surface area contributed by atoms with E-state index < -0.39 is 5.97 Å². The van der Waals surface area contributed by atoms with Crippen LogP contribution in [0.1, 0.15) is 21.7 Å². The Morgan fingerprint density at radius 3 is 2.47 bits per heavy atom. The lowest BCUT2D eigenvalue weighted by molar-refractivity contribution is 0.0699. The highest BCUT2D eigenvalue weighted by Crippen LogP contribution is 2.26. The molecule has 0 saturated carbocycles. The monoisotopic (exact) mass is 391 g/mol. The standard InChI is InChI=1S/C25H17N3O2/c29-25(30)20-16-18(26-21-11-5-4-10-19(20)21)13-14-22-24(17-8-2-1-3-9-17)27-23-12-6-7-15-28(22)23/h1-16H,(H,29,30)/b14-13+. The zero-order valence-corrected chi connectivity index (χ0v) is 15.9. The van der Waals surface area contributed by atoms with Gasteiger partial charge in [-0.3, -0.25) is 4.40 Å². The molecule has 0 aliphatic heterocycles. The number of imidazole rings is 1. The third kappa shape index (κ3) is 3.12. The first kappa shape index (κ1) is 17.8. The van der Waals surface area contributed by atoms with Gasteiger partial charge in [-0.05, 0) is 36.4 Å². The lowest BCUT2D eigenvalue weighted by Crippen LogP contribution is -2.00. The van der Waals surface area contributed by atoms with Crippen molar-refractivity contribution >= 4 is 34.7 Å². The van der Waals surface area contributed by atoms with E-state index in [-0.39, 0.29) is 5.56 Å². The largest absolute Gasteiger partial charge is 0.478 e. The van der Waals surface area contributed by atoms with Crippen molar-refractivity contribution in [3.8, 4) is 11.3 Å². The van der Waals surface area contributed by atoms with Crippen LogP contribution in [0, 0.1) is 0 Å². The number of carboxylic acids is 1. The normalized spacial score (nSPS) is 11.5. The number of nitrogens with zero attached hydrogens (tertiary/aromatic N) is 3. The molecule has 0 aliphatic rings. The van der Waals surface area contributed by atoms with E-state index in [4.69, 9.17) is 4.98 Å². The number of hydrogen-bond donors (Lipinski definition) is 1. The molecule has 5 heteroatoms. The average molecular weight is 391 g/mol. The Morgan fingerprint density at radius 1 is 0.867 bits per heavy atom. The maximum Gasteiger partial charge on any atom is 0.336 e. The number of aromatic carboxylic acids is 1. The molecule has 0 atom stereocenters. The van der Waals surface area contributed by atoms with Crippen LogP contribution in [0.3, 0.4) is 0 Å². The van der Waals surface area contributed by atoms with E-state index in [2.05, 4.69) is 4.98 Å². The molecule has 2 aromatic carbocycles. The number of hydrogen-bond acceptors (Lipinski definition) is 3. The van der Waals surface area contributed by atoms with Gasteiger partial charge in [0.1, 0.15) is 5.65 Å². The van der Waals surface area contributed by atoms with Crippen LogP contribution in [-0.2, 0) is 0 Å². The van der Waals surface area contributed by atoms with Crippen LogP contribution in [0.5, 0.6) is 0 Å². The number of carboxylic acid groups (broad SMARTS) is 1. The molecule has 0 fully saturated rings. The fraction of sp³-hybridized carbons (Fsp3) is 0. The average Bonchev–Trinajstić information content (AvgIpc) is 3.16. The first-order valence-electron chi connectivity index (χ1n) is 9.54. The summed E-state index contributed by atoms with van der Waals surface area (Å²) in [5.74, 6) is -0.969. The molecule has 0 radical (unpaired) electrons. The molecular formula is C25H17N3O2. The van der Waals surface area contributed by atoms with Gasteiger partial charge < -0.3 is 5.11 Å². The summed E-state index contributed by atoms with van der Waals surface area (Å²) < 4.78 is 2.01. The number of benzene rings is 2. The van der Waals surface area contributed by atoms with E-state index in [1.165, 1.54) is 0 Å². The molecular weight excluding hydrogens is 374 g/mol. The molecule has 30 heavy (non-hydrogen) atoms. The third-order valence-corrected chi connectivity index (χ3v) is 4.99. The fourth-order valence-electron chi connectivity index (χ4n) is 3.61. The summed E-state index contributed by atoms with van der Waals surface area (Å²) >= 11 is 0. The second-order valence-corrected chi connectivity index (χ2v) is 6.89. The predicted octanol–water partition coefficient (Wildman–Crippen LogP) is 5.42. The van der Waals surface area contributed by atoms with Crippen LogP contribution in [-0.4, -0.2) is 25.4 Å². The first-order valence-corrected chi connectivity index (χ1v) is 9.54. The fourth-order valence-corrected chi connectivity index (χ4v) is 3.61. The number of aromatic nitrogens is 3. The maximum atomic E-state index is 11.7. The van der Waals surface area contributed by atoms with Gasteiger partial charge in [0, 0.05) is 17.1 Å². The maximum absolute atomic E-state index is 11.7. The minimum Gasteiger partial charge on any atom is -0.478 e. The van der Waals surface area contributed by atoms with Gasteiger partial charge in [0.15, 0.2) is 0 Å². The Bertz CT molecular complexity index is 1420. The summed E-state index contributed by atoms with van der Waals surface area (Å²) in [6, 6.07) is 24.7. The van der Waals surface area contributed by atoms with E-state index in [1.54, 1.807) is 12.1 Å². The Morgan fingerprint density at radius 2 is 1.63 bits per heavy atom. The molecule has 0 aliphatic carbocycles. The number of carbonyl (C=O) groups is 1. The molecule has 0 spiro atoms. The van der Waals surface area contributed by atoms with Gasteiger partial charge in [0.25, 0.3) is 0 Å². The number of fused-ring (bicyclic) bond motifs is 2. The van der Waals surface area contributed by atoms with Gasteiger partial charge in [-0.1, -0.05) is 54.6 Å². The summed E-state index contributed by atoms with van der Waals surface area (Å²) in [6.45, 7) is 0. The van der Waals surface area contributed by atoms with Crippen molar-refractivity contribution in [2.75, 3.05) is 0 Å². The van der Waals surface area contributed by atoms with Crippen molar-refractivity contribution in [1.82, 2.24) is 14.4 Å². The second kappa shape index (κ2) is 7.29. The summed E-state index contributed by atoms with van der Waals surface area (Å²) in [7, 11) is 0. The van der Waals surface area contributed by atoms with Crippen molar-refractivity contribution in [3.05, 3.63) is 102 Å². The molecule has 0 unspecified atom stereocenters.